The third kappa shape index (κ3) is 2.17. The number of aliphatic hydroxyl groups is 1. The van der Waals surface area contributed by atoms with Crippen molar-refractivity contribution in [3.05, 3.63) is 21.3 Å². The minimum atomic E-state index is -0.590. The Hall–Kier alpha value is -0.0900. The van der Waals surface area contributed by atoms with Crippen molar-refractivity contribution in [2.45, 2.75) is 19.1 Å². The van der Waals surface area contributed by atoms with Gasteiger partial charge in [0.1, 0.15) is 6.10 Å². The van der Waals surface area contributed by atoms with Crippen molar-refractivity contribution in [2.24, 2.45) is 5.73 Å². The van der Waals surface area contributed by atoms with E-state index in [1.54, 1.807) is 18.4 Å². The highest BCUT2D eigenvalue weighted by Gasteiger charge is 2.13. The zero-order valence-electron chi connectivity index (χ0n) is 6.12. The molecule has 0 aliphatic heterocycles. The van der Waals surface area contributed by atoms with Crippen LogP contribution in [0.1, 0.15) is 17.9 Å². The van der Waals surface area contributed by atoms with E-state index in [9.17, 15) is 5.11 Å². The van der Waals surface area contributed by atoms with Crippen molar-refractivity contribution in [3.63, 3.8) is 0 Å². The molecule has 0 radical (unpaired) electrons. The summed E-state index contributed by atoms with van der Waals surface area (Å²) in [6.45, 7) is 1.76. The topological polar surface area (TPSA) is 46.2 Å². The first-order valence-corrected chi connectivity index (χ1v) is 4.54. The van der Waals surface area contributed by atoms with Gasteiger partial charge in [0, 0.05) is 16.3 Å². The number of rotatable bonds is 2. The number of hydrogen-bond acceptors (Lipinski definition) is 3. The van der Waals surface area contributed by atoms with Crippen LogP contribution in [0.15, 0.2) is 11.4 Å². The lowest BCUT2D eigenvalue weighted by Gasteiger charge is -2.11. The van der Waals surface area contributed by atoms with Gasteiger partial charge < -0.3 is 10.8 Å². The van der Waals surface area contributed by atoms with E-state index in [0.29, 0.717) is 5.02 Å². The maximum atomic E-state index is 9.44. The van der Waals surface area contributed by atoms with Crippen molar-refractivity contribution in [1.29, 1.82) is 0 Å². The lowest BCUT2D eigenvalue weighted by Crippen LogP contribution is -2.23. The summed E-state index contributed by atoms with van der Waals surface area (Å²) in [6.07, 6.45) is -0.590. The van der Waals surface area contributed by atoms with Gasteiger partial charge in [-0.25, -0.2) is 0 Å². The number of aliphatic hydroxyl groups excluding tert-OH is 1. The predicted molar refractivity (Wildman–Crippen MR) is 47.9 cm³/mol. The molecule has 0 aliphatic rings. The van der Waals surface area contributed by atoms with Crippen LogP contribution in [-0.4, -0.2) is 11.1 Å². The van der Waals surface area contributed by atoms with Gasteiger partial charge in [-0.1, -0.05) is 11.6 Å². The van der Waals surface area contributed by atoms with E-state index in [4.69, 9.17) is 17.3 Å². The second kappa shape index (κ2) is 3.54. The van der Waals surface area contributed by atoms with Crippen molar-refractivity contribution in [2.75, 3.05) is 0 Å². The Labute approximate surface area is 74.6 Å². The monoisotopic (exact) mass is 191 g/mol. The minimum absolute atomic E-state index is 0.246. The SMILES string of the molecule is CC(N)C(O)c1cc(Cl)cs1. The van der Waals surface area contributed by atoms with E-state index in [0.717, 1.165) is 4.88 Å². The third-order valence-electron chi connectivity index (χ3n) is 1.38. The molecule has 0 fully saturated rings. The second-order valence-electron chi connectivity index (χ2n) is 2.47. The average molecular weight is 192 g/mol. The van der Waals surface area contributed by atoms with Gasteiger partial charge in [0.15, 0.2) is 0 Å². The second-order valence-corrected chi connectivity index (χ2v) is 3.85. The molecule has 0 amide bonds. The predicted octanol–water partition coefficient (Wildman–Crippen LogP) is 1.78. The molecule has 2 unspecified atom stereocenters. The summed E-state index contributed by atoms with van der Waals surface area (Å²) in [4.78, 5) is 0.824. The fraction of sp³-hybridized carbons (Fsp3) is 0.429. The van der Waals surface area contributed by atoms with Crippen molar-refractivity contribution >= 4 is 22.9 Å². The highest BCUT2D eigenvalue weighted by Crippen LogP contribution is 2.26. The van der Waals surface area contributed by atoms with E-state index in [-0.39, 0.29) is 6.04 Å². The van der Waals surface area contributed by atoms with Crippen LogP contribution in [0.5, 0.6) is 0 Å². The van der Waals surface area contributed by atoms with E-state index >= 15 is 0 Å². The standard InChI is InChI=1S/C7H10ClNOS/c1-4(9)7(10)6-2-5(8)3-11-6/h2-4,7,10H,9H2,1H3. The van der Waals surface area contributed by atoms with Crippen LogP contribution in [0, 0.1) is 0 Å². The van der Waals surface area contributed by atoms with E-state index in [1.165, 1.54) is 11.3 Å². The van der Waals surface area contributed by atoms with Crippen molar-refractivity contribution in [3.8, 4) is 0 Å². The Morgan fingerprint density at radius 3 is 2.73 bits per heavy atom. The summed E-state index contributed by atoms with van der Waals surface area (Å²) in [7, 11) is 0. The lowest BCUT2D eigenvalue weighted by molar-refractivity contribution is 0.157. The van der Waals surface area contributed by atoms with Crippen LogP contribution in [0.25, 0.3) is 0 Å². The van der Waals surface area contributed by atoms with Gasteiger partial charge in [-0.2, -0.15) is 0 Å². The number of hydrogen-bond donors (Lipinski definition) is 2. The van der Waals surface area contributed by atoms with Crippen molar-refractivity contribution in [1.82, 2.24) is 0 Å². The van der Waals surface area contributed by atoms with Gasteiger partial charge in [0.05, 0.1) is 5.02 Å². The lowest BCUT2D eigenvalue weighted by atomic mass is 10.2. The fourth-order valence-corrected chi connectivity index (χ4v) is 1.92. The zero-order valence-corrected chi connectivity index (χ0v) is 7.69. The van der Waals surface area contributed by atoms with Crippen molar-refractivity contribution < 1.29 is 5.11 Å². The van der Waals surface area contributed by atoms with Crippen LogP contribution < -0.4 is 5.73 Å². The first-order valence-electron chi connectivity index (χ1n) is 3.29. The first-order chi connectivity index (χ1) is 5.11. The molecule has 62 valence electrons. The molecule has 0 saturated carbocycles. The normalized spacial score (nSPS) is 16.4. The molecule has 1 rings (SSSR count). The molecule has 1 aromatic heterocycles. The maximum absolute atomic E-state index is 9.44. The van der Waals surface area contributed by atoms with E-state index < -0.39 is 6.10 Å². The first kappa shape index (κ1) is 9.00. The molecule has 4 heteroatoms. The summed E-state index contributed by atoms with van der Waals surface area (Å²) in [5, 5.41) is 11.9. The quantitative estimate of drug-likeness (QED) is 0.749. The van der Waals surface area contributed by atoms with Crippen LogP contribution in [0.2, 0.25) is 5.02 Å². The van der Waals surface area contributed by atoms with Crippen LogP contribution in [0.4, 0.5) is 0 Å². The average Bonchev–Trinajstić information content (AvgIpc) is 2.34. The Balaban J connectivity index is 2.76. The third-order valence-corrected chi connectivity index (χ3v) is 2.73. The molecule has 3 N–H and O–H groups in total. The summed E-state index contributed by atoms with van der Waals surface area (Å²) < 4.78 is 0. The molecular weight excluding hydrogens is 182 g/mol. The molecule has 0 aromatic carbocycles. The summed E-state index contributed by atoms with van der Waals surface area (Å²) in [5.74, 6) is 0. The number of halogens is 1. The molecule has 0 aliphatic carbocycles. The Morgan fingerprint density at radius 2 is 2.36 bits per heavy atom. The smallest absolute Gasteiger partial charge is 0.103 e. The van der Waals surface area contributed by atoms with Gasteiger partial charge in [-0.15, -0.1) is 11.3 Å². The Morgan fingerprint density at radius 1 is 1.73 bits per heavy atom. The van der Waals surface area contributed by atoms with E-state index in [1.807, 2.05) is 0 Å². The Kier molecular flexibility index (Phi) is 2.90. The molecular formula is C7H10ClNOS. The highest BCUT2D eigenvalue weighted by atomic mass is 35.5. The number of thiophene rings is 1. The van der Waals surface area contributed by atoms with Gasteiger partial charge in [-0.3, -0.25) is 0 Å². The van der Waals surface area contributed by atoms with Crippen LogP contribution in [0.3, 0.4) is 0 Å². The number of nitrogens with two attached hydrogens (primary N) is 1. The molecule has 11 heavy (non-hydrogen) atoms. The van der Waals surface area contributed by atoms with E-state index in [2.05, 4.69) is 0 Å². The minimum Gasteiger partial charge on any atom is -0.386 e. The molecule has 0 bridgehead atoms. The summed E-state index contributed by atoms with van der Waals surface area (Å²) in [6, 6.07) is 1.49. The highest BCUT2D eigenvalue weighted by molar-refractivity contribution is 7.10. The molecule has 2 nitrogen and oxygen atoms in total. The molecule has 1 aromatic rings. The fourth-order valence-electron chi connectivity index (χ4n) is 0.742. The maximum Gasteiger partial charge on any atom is 0.103 e. The molecule has 2 atom stereocenters. The van der Waals surface area contributed by atoms with Gasteiger partial charge in [-0.05, 0) is 13.0 Å². The van der Waals surface area contributed by atoms with Gasteiger partial charge >= 0.3 is 0 Å². The van der Waals surface area contributed by atoms with Crippen LogP contribution >= 0.6 is 22.9 Å². The summed E-state index contributed by atoms with van der Waals surface area (Å²) in [5.41, 5.74) is 5.49. The largest absolute Gasteiger partial charge is 0.386 e. The van der Waals surface area contributed by atoms with Gasteiger partial charge in [0.2, 0.25) is 0 Å². The zero-order chi connectivity index (χ0) is 8.43. The molecule has 0 spiro atoms. The molecule has 0 saturated heterocycles. The van der Waals surface area contributed by atoms with Gasteiger partial charge in [0.25, 0.3) is 0 Å². The summed E-state index contributed by atoms with van der Waals surface area (Å²) >= 11 is 7.09. The van der Waals surface area contributed by atoms with Crippen LogP contribution in [-0.2, 0) is 0 Å². The Bertz CT molecular complexity index is 236. The molecule has 1 heterocycles.